The molecule has 0 radical (unpaired) electrons. The van der Waals surface area contributed by atoms with Crippen LogP contribution in [0.2, 0.25) is 0 Å². The summed E-state index contributed by atoms with van der Waals surface area (Å²) in [5.74, 6) is 1.75. The fraction of sp³-hybridized carbons (Fsp3) is 0.333. The Hall–Kier alpha value is -2.15. The van der Waals surface area contributed by atoms with Crippen LogP contribution in [0.15, 0.2) is 23.0 Å². The van der Waals surface area contributed by atoms with Gasteiger partial charge in [0.2, 0.25) is 12.3 Å². The van der Waals surface area contributed by atoms with E-state index in [0.29, 0.717) is 29.7 Å². The summed E-state index contributed by atoms with van der Waals surface area (Å²) >= 11 is 6.19. The Balaban J connectivity index is 2.16. The molecule has 0 saturated carbocycles. The van der Waals surface area contributed by atoms with E-state index in [1.807, 2.05) is 17.6 Å². The molecule has 1 unspecified atom stereocenters. The molecular formula is C12H12ClN5O2. The van der Waals surface area contributed by atoms with E-state index in [9.17, 15) is 0 Å². The summed E-state index contributed by atoms with van der Waals surface area (Å²) in [7, 11) is 1.57. The second-order valence-electron chi connectivity index (χ2n) is 4.22. The first-order chi connectivity index (χ1) is 9.69. The van der Waals surface area contributed by atoms with Crippen LogP contribution in [0.3, 0.4) is 0 Å². The molecule has 0 aromatic carbocycles. The molecule has 3 aromatic heterocycles. The molecule has 8 heteroatoms. The number of alkyl halides is 1. The molecule has 3 heterocycles. The number of pyridine rings is 1. The standard InChI is InChI=1S/C12H12ClN5O2/c1-7(13)11-15-8-3-4-10(19-2)16-12(8)18(11)5-9-14-6-20-17-9/h3-4,6-7H,5H2,1-2H3. The van der Waals surface area contributed by atoms with Gasteiger partial charge in [0.1, 0.15) is 11.3 Å². The molecule has 0 aliphatic heterocycles. The number of aromatic nitrogens is 5. The maximum atomic E-state index is 6.19. The summed E-state index contributed by atoms with van der Waals surface area (Å²) in [6.07, 6.45) is 1.28. The molecule has 0 fully saturated rings. The lowest BCUT2D eigenvalue weighted by Gasteiger charge is -2.07. The van der Waals surface area contributed by atoms with Crippen molar-refractivity contribution in [2.24, 2.45) is 0 Å². The number of halogens is 1. The molecule has 0 aliphatic rings. The van der Waals surface area contributed by atoms with Crippen molar-refractivity contribution >= 4 is 22.8 Å². The van der Waals surface area contributed by atoms with Crippen LogP contribution < -0.4 is 4.74 Å². The molecule has 0 N–H and O–H groups in total. The molecule has 3 aromatic rings. The Bertz CT molecular complexity index is 723. The number of rotatable bonds is 4. The zero-order valence-electron chi connectivity index (χ0n) is 10.9. The molecule has 20 heavy (non-hydrogen) atoms. The van der Waals surface area contributed by atoms with Crippen LogP contribution in [0.25, 0.3) is 11.2 Å². The zero-order valence-corrected chi connectivity index (χ0v) is 11.7. The summed E-state index contributed by atoms with van der Waals surface area (Å²) in [5, 5.41) is 3.54. The van der Waals surface area contributed by atoms with Crippen molar-refractivity contribution in [3.63, 3.8) is 0 Å². The Morgan fingerprint density at radius 1 is 1.40 bits per heavy atom. The third kappa shape index (κ3) is 2.20. The van der Waals surface area contributed by atoms with Gasteiger partial charge in [0, 0.05) is 6.07 Å². The van der Waals surface area contributed by atoms with Crippen LogP contribution in [0.5, 0.6) is 5.88 Å². The van der Waals surface area contributed by atoms with Gasteiger partial charge in [-0.2, -0.15) is 9.97 Å². The highest BCUT2D eigenvalue weighted by atomic mass is 35.5. The second kappa shape index (κ2) is 5.09. The minimum absolute atomic E-state index is 0.262. The maximum absolute atomic E-state index is 6.19. The van der Waals surface area contributed by atoms with Gasteiger partial charge in [0.15, 0.2) is 11.5 Å². The SMILES string of the molecule is COc1ccc2nc(C(C)Cl)n(Cc3ncon3)c2n1. The van der Waals surface area contributed by atoms with Crippen LogP contribution >= 0.6 is 11.6 Å². The lowest BCUT2D eigenvalue weighted by molar-refractivity contribution is 0.398. The van der Waals surface area contributed by atoms with E-state index in [0.717, 1.165) is 5.52 Å². The first-order valence-corrected chi connectivity index (χ1v) is 6.43. The lowest BCUT2D eigenvalue weighted by atomic mass is 10.4. The number of ether oxygens (including phenoxy) is 1. The van der Waals surface area contributed by atoms with E-state index in [-0.39, 0.29) is 5.38 Å². The van der Waals surface area contributed by atoms with Crippen LogP contribution in [-0.2, 0) is 6.54 Å². The van der Waals surface area contributed by atoms with Gasteiger partial charge < -0.3 is 13.8 Å². The van der Waals surface area contributed by atoms with E-state index >= 15 is 0 Å². The van der Waals surface area contributed by atoms with E-state index in [1.54, 1.807) is 13.2 Å². The van der Waals surface area contributed by atoms with Gasteiger partial charge in [-0.3, -0.25) is 0 Å². The van der Waals surface area contributed by atoms with Crippen LogP contribution in [0, 0.1) is 0 Å². The molecule has 3 rings (SSSR count). The Morgan fingerprint density at radius 3 is 2.90 bits per heavy atom. The average molecular weight is 294 g/mol. The number of hydrogen-bond acceptors (Lipinski definition) is 6. The Labute approximate surface area is 119 Å². The molecule has 0 aliphatic carbocycles. The van der Waals surface area contributed by atoms with Crippen molar-refractivity contribution in [2.75, 3.05) is 7.11 Å². The molecule has 104 valence electrons. The molecule has 0 spiro atoms. The van der Waals surface area contributed by atoms with Crippen molar-refractivity contribution in [3.05, 3.63) is 30.2 Å². The largest absolute Gasteiger partial charge is 0.481 e. The molecule has 1 atom stereocenters. The van der Waals surface area contributed by atoms with E-state index in [4.69, 9.17) is 20.9 Å². The van der Waals surface area contributed by atoms with E-state index in [2.05, 4.69) is 20.1 Å². The van der Waals surface area contributed by atoms with Gasteiger partial charge in [-0.05, 0) is 13.0 Å². The second-order valence-corrected chi connectivity index (χ2v) is 4.87. The van der Waals surface area contributed by atoms with Gasteiger partial charge in [-0.25, -0.2) is 4.98 Å². The van der Waals surface area contributed by atoms with Gasteiger partial charge in [-0.1, -0.05) is 5.16 Å². The predicted molar refractivity (Wildman–Crippen MR) is 71.7 cm³/mol. The summed E-state index contributed by atoms with van der Waals surface area (Å²) in [5.41, 5.74) is 1.42. The maximum Gasteiger partial charge on any atom is 0.215 e. The summed E-state index contributed by atoms with van der Waals surface area (Å²) < 4.78 is 11.8. The summed E-state index contributed by atoms with van der Waals surface area (Å²) in [4.78, 5) is 12.9. The van der Waals surface area contributed by atoms with Crippen molar-refractivity contribution in [3.8, 4) is 5.88 Å². The minimum atomic E-state index is -0.262. The average Bonchev–Trinajstić information content (AvgIpc) is 3.07. The third-order valence-corrected chi connectivity index (χ3v) is 3.06. The van der Waals surface area contributed by atoms with E-state index < -0.39 is 0 Å². The highest BCUT2D eigenvalue weighted by molar-refractivity contribution is 6.20. The molecule has 0 saturated heterocycles. The number of fused-ring (bicyclic) bond motifs is 1. The van der Waals surface area contributed by atoms with Gasteiger partial charge >= 0.3 is 0 Å². The van der Waals surface area contributed by atoms with Gasteiger partial charge in [0.05, 0.1) is 19.0 Å². The summed E-state index contributed by atoms with van der Waals surface area (Å²) in [6.45, 7) is 2.24. The molecular weight excluding hydrogens is 282 g/mol. The predicted octanol–water partition coefficient (Wildman–Crippen LogP) is 2.17. The zero-order chi connectivity index (χ0) is 14.1. The highest BCUT2D eigenvalue weighted by Crippen LogP contribution is 2.25. The lowest BCUT2D eigenvalue weighted by Crippen LogP contribution is -2.08. The fourth-order valence-corrected chi connectivity index (χ4v) is 2.15. The number of methoxy groups -OCH3 is 1. The molecule has 0 amide bonds. The normalized spacial score (nSPS) is 12.8. The third-order valence-electron chi connectivity index (χ3n) is 2.87. The number of hydrogen-bond donors (Lipinski definition) is 0. The van der Waals surface area contributed by atoms with Crippen molar-refractivity contribution in [1.29, 1.82) is 0 Å². The Morgan fingerprint density at radius 2 is 2.25 bits per heavy atom. The van der Waals surface area contributed by atoms with Crippen LogP contribution in [-0.4, -0.2) is 31.8 Å². The first-order valence-electron chi connectivity index (χ1n) is 5.99. The monoisotopic (exact) mass is 293 g/mol. The van der Waals surface area contributed by atoms with Crippen LogP contribution in [0.4, 0.5) is 0 Å². The fourth-order valence-electron chi connectivity index (χ4n) is 1.98. The topological polar surface area (TPSA) is 78.9 Å². The quantitative estimate of drug-likeness (QED) is 0.686. The first kappa shape index (κ1) is 12.9. The molecule has 0 bridgehead atoms. The van der Waals surface area contributed by atoms with Gasteiger partial charge in [-0.15, -0.1) is 11.6 Å². The van der Waals surface area contributed by atoms with Gasteiger partial charge in [0.25, 0.3) is 0 Å². The number of imidazole rings is 1. The van der Waals surface area contributed by atoms with E-state index in [1.165, 1.54) is 6.39 Å². The minimum Gasteiger partial charge on any atom is -0.481 e. The van der Waals surface area contributed by atoms with Crippen molar-refractivity contribution in [1.82, 2.24) is 24.7 Å². The van der Waals surface area contributed by atoms with Crippen molar-refractivity contribution < 1.29 is 9.26 Å². The summed E-state index contributed by atoms with van der Waals surface area (Å²) in [6, 6.07) is 3.60. The Kier molecular flexibility index (Phi) is 3.27. The van der Waals surface area contributed by atoms with Crippen molar-refractivity contribution in [2.45, 2.75) is 18.8 Å². The number of nitrogens with zero attached hydrogens (tertiary/aromatic N) is 5. The highest BCUT2D eigenvalue weighted by Gasteiger charge is 2.18. The molecule has 7 nitrogen and oxygen atoms in total. The smallest absolute Gasteiger partial charge is 0.215 e. The van der Waals surface area contributed by atoms with Crippen LogP contribution in [0.1, 0.15) is 23.9 Å².